The average Bonchev–Trinajstić information content (AvgIpc) is 2.83. The zero-order chi connectivity index (χ0) is 15.7. The van der Waals surface area contributed by atoms with Crippen LogP contribution in [0.2, 0.25) is 0 Å². The van der Waals surface area contributed by atoms with Crippen molar-refractivity contribution < 1.29 is 4.79 Å². The number of thiazole rings is 1. The third kappa shape index (κ3) is 2.66. The highest BCUT2D eigenvalue weighted by Crippen LogP contribution is 2.31. The molecule has 1 amide bonds. The molecule has 2 N–H and O–H groups in total. The van der Waals surface area contributed by atoms with Gasteiger partial charge in [-0.3, -0.25) is 9.59 Å². The normalized spacial score (nSPS) is 14.0. The minimum Gasteiger partial charge on any atom is -0.398 e. The maximum atomic E-state index is 12.6. The lowest BCUT2D eigenvalue weighted by Crippen LogP contribution is -2.36. The van der Waals surface area contributed by atoms with Crippen LogP contribution < -0.4 is 15.5 Å². The molecule has 0 saturated heterocycles. The number of nitrogen functional groups attached to an aromatic ring is 1. The van der Waals surface area contributed by atoms with E-state index in [0.29, 0.717) is 19.5 Å². The number of benzene rings is 1. The summed E-state index contributed by atoms with van der Waals surface area (Å²) in [5, 5.41) is 1.82. The maximum Gasteiger partial charge on any atom is 0.307 e. The van der Waals surface area contributed by atoms with Crippen molar-refractivity contribution >= 4 is 28.6 Å². The molecular weight excluding hydrogens is 298 g/mol. The second-order valence-corrected chi connectivity index (χ2v) is 6.36. The van der Waals surface area contributed by atoms with Gasteiger partial charge < -0.3 is 15.2 Å². The molecule has 5 nitrogen and oxygen atoms in total. The van der Waals surface area contributed by atoms with Crippen LogP contribution in [-0.2, 0) is 17.8 Å². The molecule has 1 aromatic heterocycles. The van der Waals surface area contributed by atoms with Gasteiger partial charge in [-0.25, -0.2) is 0 Å². The number of nitrogens with zero attached hydrogens (tertiary/aromatic N) is 2. The van der Waals surface area contributed by atoms with E-state index in [1.807, 2.05) is 35.4 Å². The van der Waals surface area contributed by atoms with Crippen molar-refractivity contribution in [3.8, 4) is 0 Å². The number of hydrogen-bond donors (Lipinski definition) is 1. The van der Waals surface area contributed by atoms with E-state index in [4.69, 9.17) is 5.73 Å². The van der Waals surface area contributed by atoms with E-state index in [1.54, 1.807) is 4.57 Å². The summed E-state index contributed by atoms with van der Waals surface area (Å²) in [5.74, 6) is 0.0454. The van der Waals surface area contributed by atoms with Crippen LogP contribution in [0.25, 0.3) is 0 Å². The average molecular weight is 317 g/mol. The molecule has 22 heavy (non-hydrogen) atoms. The molecule has 0 atom stereocenters. The second-order valence-electron chi connectivity index (χ2n) is 5.54. The second kappa shape index (κ2) is 5.96. The maximum absolute atomic E-state index is 12.6. The molecule has 116 valence electrons. The standard InChI is InChI=1S/C16H19N3O2S/c1-11-10-22-16(21)18(11)9-7-15(20)19-8-3-4-12-13(17)5-2-6-14(12)19/h2,5-6,10H,3-4,7-9,17H2,1H3. The molecule has 3 rings (SSSR count). The van der Waals surface area contributed by atoms with E-state index >= 15 is 0 Å². The molecule has 0 saturated carbocycles. The van der Waals surface area contributed by atoms with E-state index in [-0.39, 0.29) is 10.8 Å². The Bertz CT molecular complexity index is 763. The van der Waals surface area contributed by atoms with Gasteiger partial charge >= 0.3 is 4.87 Å². The van der Waals surface area contributed by atoms with E-state index in [1.165, 1.54) is 11.3 Å². The summed E-state index contributed by atoms with van der Waals surface area (Å²) in [6, 6.07) is 5.71. The molecule has 0 bridgehead atoms. The Labute approximate surface area is 133 Å². The molecule has 0 spiro atoms. The zero-order valence-corrected chi connectivity index (χ0v) is 13.4. The zero-order valence-electron chi connectivity index (χ0n) is 12.5. The third-order valence-corrected chi connectivity index (χ3v) is 4.99. The molecule has 1 aliphatic rings. The van der Waals surface area contributed by atoms with Gasteiger partial charge in [-0.2, -0.15) is 0 Å². The van der Waals surface area contributed by atoms with Crippen molar-refractivity contribution in [3.63, 3.8) is 0 Å². The van der Waals surface area contributed by atoms with E-state index in [9.17, 15) is 9.59 Å². The molecule has 2 heterocycles. The first-order chi connectivity index (χ1) is 10.6. The van der Waals surface area contributed by atoms with Crippen molar-refractivity contribution in [3.05, 3.63) is 44.5 Å². The Hall–Kier alpha value is -2.08. The molecule has 2 aromatic rings. The quantitative estimate of drug-likeness (QED) is 0.882. The smallest absolute Gasteiger partial charge is 0.307 e. The highest BCUT2D eigenvalue weighted by Gasteiger charge is 2.23. The van der Waals surface area contributed by atoms with Gasteiger partial charge in [0, 0.05) is 42.0 Å². The van der Waals surface area contributed by atoms with Gasteiger partial charge in [0.15, 0.2) is 0 Å². The van der Waals surface area contributed by atoms with Crippen molar-refractivity contribution in [2.24, 2.45) is 0 Å². The lowest BCUT2D eigenvalue weighted by Gasteiger charge is -2.30. The van der Waals surface area contributed by atoms with E-state index in [0.717, 1.165) is 35.5 Å². The molecule has 6 heteroatoms. The van der Waals surface area contributed by atoms with Crippen molar-refractivity contribution in [2.75, 3.05) is 17.2 Å². The first-order valence-electron chi connectivity index (χ1n) is 7.40. The highest BCUT2D eigenvalue weighted by atomic mass is 32.1. The van der Waals surface area contributed by atoms with Crippen molar-refractivity contribution in [2.45, 2.75) is 32.7 Å². The minimum absolute atomic E-state index is 0.00594. The summed E-state index contributed by atoms with van der Waals surface area (Å²) in [6.07, 6.45) is 2.16. The summed E-state index contributed by atoms with van der Waals surface area (Å²) in [7, 11) is 0. The Balaban J connectivity index is 1.77. The Morgan fingerprint density at radius 2 is 2.23 bits per heavy atom. The number of fused-ring (bicyclic) bond motifs is 1. The Morgan fingerprint density at radius 3 is 2.95 bits per heavy atom. The van der Waals surface area contributed by atoms with Crippen LogP contribution in [0.15, 0.2) is 28.4 Å². The van der Waals surface area contributed by atoms with Gasteiger partial charge in [-0.1, -0.05) is 17.4 Å². The van der Waals surface area contributed by atoms with Gasteiger partial charge in [0.05, 0.1) is 0 Å². The van der Waals surface area contributed by atoms with Crippen LogP contribution in [0.4, 0.5) is 11.4 Å². The number of carbonyl (C=O) groups is 1. The van der Waals surface area contributed by atoms with Crippen molar-refractivity contribution in [1.29, 1.82) is 0 Å². The Kier molecular flexibility index (Phi) is 4.02. The first kappa shape index (κ1) is 14.8. The van der Waals surface area contributed by atoms with Gasteiger partial charge in [-0.15, -0.1) is 0 Å². The fraction of sp³-hybridized carbons (Fsp3) is 0.375. The summed E-state index contributed by atoms with van der Waals surface area (Å²) < 4.78 is 1.66. The van der Waals surface area contributed by atoms with Gasteiger partial charge in [0.25, 0.3) is 0 Å². The third-order valence-electron chi connectivity index (χ3n) is 4.11. The molecule has 0 unspecified atom stereocenters. The topological polar surface area (TPSA) is 68.3 Å². The van der Waals surface area contributed by atoms with Gasteiger partial charge in [0.1, 0.15) is 0 Å². The fourth-order valence-corrected chi connectivity index (χ4v) is 3.69. The summed E-state index contributed by atoms with van der Waals surface area (Å²) in [6.45, 7) is 3.03. The van der Waals surface area contributed by atoms with E-state index < -0.39 is 0 Å². The van der Waals surface area contributed by atoms with E-state index in [2.05, 4.69) is 0 Å². The number of carbonyl (C=O) groups excluding carboxylic acids is 1. The molecule has 1 aliphatic heterocycles. The van der Waals surface area contributed by atoms with Gasteiger partial charge in [-0.05, 0) is 37.5 Å². The molecular formula is C16H19N3O2S. The van der Waals surface area contributed by atoms with Crippen LogP contribution in [0.3, 0.4) is 0 Å². The van der Waals surface area contributed by atoms with Crippen LogP contribution in [0, 0.1) is 6.92 Å². The van der Waals surface area contributed by atoms with Crippen LogP contribution in [0.1, 0.15) is 24.1 Å². The summed E-state index contributed by atoms with van der Waals surface area (Å²) in [4.78, 5) is 26.1. The highest BCUT2D eigenvalue weighted by molar-refractivity contribution is 7.07. The lowest BCUT2D eigenvalue weighted by molar-refractivity contribution is -0.118. The number of amides is 1. The number of aryl methyl sites for hydroxylation is 1. The predicted octanol–water partition coefficient (Wildman–Crippen LogP) is 2.17. The SMILES string of the molecule is Cc1csc(=O)n1CCC(=O)N1CCCc2c(N)cccc21. The Morgan fingerprint density at radius 1 is 1.41 bits per heavy atom. The monoisotopic (exact) mass is 317 g/mol. The van der Waals surface area contributed by atoms with Crippen LogP contribution in [-0.4, -0.2) is 17.0 Å². The molecule has 0 radical (unpaired) electrons. The number of hydrogen-bond acceptors (Lipinski definition) is 4. The van der Waals surface area contributed by atoms with Gasteiger partial charge in [0.2, 0.25) is 5.91 Å². The number of anilines is 2. The fourth-order valence-electron chi connectivity index (χ4n) is 2.93. The molecule has 0 aliphatic carbocycles. The predicted molar refractivity (Wildman–Crippen MR) is 89.5 cm³/mol. The number of rotatable bonds is 3. The minimum atomic E-state index is -0.00594. The summed E-state index contributed by atoms with van der Waals surface area (Å²) in [5.41, 5.74) is 9.65. The van der Waals surface area contributed by atoms with Crippen LogP contribution in [0.5, 0.6) is 0 Å². The molecule has 0 fully saturated rings. The summed E-state index contributed by atoms with van der Waals surface area (Å²) >= 11 is 1.17. The van der Waals surface area contributed by atoms with Crippen molar-refractivity contribution in [1.82, 2.24) is 4.57 Å². The first-order valence-corrected chi connectivity index (χ1v) is 8.28. The number of aromatic nitrogens is 1. The molecule has 1 aromatic carbocycles. The van der Waals surface area contributed by atoms with Crippen LogP contribution >= 0.6 is 11.3 Å². The lowest BCUT2D eigenvalue weighted by atomic mass is 9.99. The largest absolute Gasteiger partial charge is 0.398 e. The number of nitrogens with two attached hydrogens (primary N) is 1.